The van der Waals surface area contributed by atoms with E-state index in [4.69, 9.17) is 15.2 Å². The minimum Gasteiger partial charge on any atom is -0.353 e. The summed E-state index contributed by atoms with van der Waals surface area (Å²) in [6.07, 6.45) is 11.4. The van der Waals surface area contributed by atoms with E-state index in [0.717, 1.165) is 19.4 Å². The van der Waals surface area contributed by atoms with Crippen molar-refractivity contribution in [3.05, 3.63) is 0 Å². The summed E-state index contributed by atoms with van der Waals surface area (Å²) in [7, 11) is 3.51. The lowest BCUT2D eigenvalue weighted by molar-refractivity contribution is -0.230. The molecule has 0 aliphatic carbocycles. The van der Waals surface area contributed by atoms with Gasteiger partial charge in [-0.3, -0.25) is 0 Å². The second kappa shape index (κ2) is 11.4. The summed E-state index contributed by atoms with van der Waals surface area (Å²) in [5.74, 6) is -0.0480. The predicted octanol–water partition coefficient (Wildman–Crippen LogP) is 5.13. The maximum absolute atomic E-state index is 5.87. The SMILES string of the molecule is CCCCCCCCC(CCC(C)(C)CN)C(C)(OC)OC. The Morgan fingerprint density at radius 3 is 1.91 bits per heavy atom. The lowest BCUT2D eigenvalue weighted by atomic mass is 9.80. The molecule has 0 saturated carbocycles. The Labute approximate surface area is 139 Å². The predicted molar refractivity (Wildman–Crippen MR) is 96.0 cm³/mol. The number of unbranched alkanes of at least 4 members (excludes halogenated alkanes) is 5. The first-order valence-corrected chi connectivity index (χ1v) is 9.15. The van der Waals surface area contributed by atoms with Crippen molar-refractivity contribution in [2.45, 2.75) is 91.3 Å². The molecular weight excluding hydrogens is 274 g/mol. The van der Waals surface area contributed by atoms with Crippen LogP contribution in [0.2, 0.25) is 0 Å². The van der Waals surface area contributed by atoms with E-state index in [9.17, 15) is 0 Å². The molecule has 0 rings (SSSR count). The molecule has 0 spiro atoms. The zero-order valence-corrected chi connectivity index (χ0v) is 16.0. The van der Waals surface area contributed by atoms with Gasteiger partial charge in [0.15, 0.2) is 5.79 Å². The molecule has 134 valence electrons. The molecule has 0 aliphatic heterocycles. The summed E-state index contributed by atoms with van der Waals surface area (Å²) in [6.45, 7) is 9.55. The van der Waals surface area contributed by atoms with Crippen LogP contribution in [0.5, 0.6) is 0 Å². The monoisotopic (exact) mass is 315 g/mol. The lowest BCUT2D eigenvalue weighted by Gasteiger charge is -2.37. The molecule has 1 atom stereocenters. The Balaban J connectivity index is 4.41. The first-order chi connectivity index (χ1) is 10.3. The van der Waals surface area contributed by atoms with E-state index in [1.54, 1.807) is 14.2 Å². The molecule has 3 nitrogen and oxygen atoms in total. The zero-order chi connectivity index (χ0) is 17.1. The molecule has 1 unspecified atom stereocenters. The first-order valence-electron chi connectivity index (χ1n) is 9.15. The van der Waals surface area contributed by atoms with Crippen molar-refractivity contribution in [3.63, 3.8) is 0 Å². The van der Waals surface area contributed by atoms with Crippen LogP contribution in [0, 0.1) is 11.3 Å². The van der Waals surface area contributed by atoms with Crippen LogP contribution in [0.3, 0.4) is 0 Å². The van der Waals surface area contributed by atoms with Gasteiger partial charge in [-0.25, -0.2) is 0 Å². The minimum absolute atomic E-state index is 0.196. The largest absolute Gasteiger partial charge is 0.353 e. The van der Waals surface area contributed by atoms with Crippen molar-refractivity contribution >= 4 is 0 Å². The Bertz CT molecular complexity index is 262. The molecule has 0 saturated heterocycles. The summed E-state index contributed by atoms with van der Waals surface area (Å²) in [6, 6.07) is 0. The average molecular weight is 316 g/mol. The minimum atomic E-state index is -0.478. The highest BCUT2D eigenvalue weighted by atomic mass is 16.7. The van der Waals surface area contributed by atoms with Gasteiger partial charge in [0.25, 0.3) is 0 Å². The van der Waals surface area contributed by atoms with Gasteiger partial charge in [-0.1, -0.05) is 59.3 Å². The number of nitrogens with two attached hydrogens (primary N) is 1. The van der Waals surface area contributed by atoms with Gasteiger partial charge in [0.05, 0.1) is 0 Å². The van der Waals surface area contributed by atoms with E-state index in [1.165, 1.54) is 44.9 Å². The van der Waals surface area contributed by atoms with Crippen molar-refractivity contribution in [2.75, 3.05) is 20.8 Å². The van der Waals surface area contributed by atoms with Crippen molar-refractivity contribution in [1.29, 1.82) is 0 Å². The van der Waals surface area contributed by atoms with Crippen molar-refractivity contribution < 1.29 is 9.47 Å². The Kier molecular flexibility index (Phi) is 11.4. The van der Waals surface area contributed by atoms with Crippen LogP contribution >= 0.6 is 0 Å². The molecule has 0 aromatic carbocycles. The van der Waals surface area contributed by atoms with E-state index < -0.39 is 5.79 Å². The quantitative estimate of drug-likeness (QED) is 0.357. The second-order valence-electron chi connectivity index (χ2n) is 7.58. The Hall–Kier alpha value is -0.120. The van der Waals surface area contributed by atoms with Crippen molar-refractivity contribution in [1.82, 2.24) is 0 Å². The molecule has 0 heterocycles. The van der Waals surface area contributed by atoms with E-state index in [0.29, 0.717) is 5.92 Å². The third-order valence-electron chi connectivity index (χ3n) is 5.18. The van der Waals surface area contributed by atoms with E-state index in [-0.39, 0.29) is 5.41 Å². The summed E-state index contributed by atoms with van der Waals surface area (Å²) in [4.78, 5) is 0. The molecule has 0 aromatic rings. The summed E-state index contributed by atoms with van der Waals surface area (Å²) < 4.78 is 11.4. The first kappa shape index (κ1) is 21.9. The second-order valence-corrected chi connectivity index (χ2v) is 7.58. The average Bonchev–Trinajstić information content (AvgIpc) is 2.52. The molecule has 0 radical (unpaired) electrons. The van der Waals surface area contributed by atoms with Gasteiger partial charge in [0.1, 0.15) is 0 Å². The fourth-order valence-electron chi connectivity index (χ4n) is 2.92. The highest BCUT2D eigenvalue weighted by Crippen LogP contribution is 2.34. The fourth-order valence-corrected chi connectivity index (χ4v) is 2.92. The normalized spacial score (nSPS) is 14.3. The van der Waals surface area contributed by atoms with Gasteiger partial charge in [0.2, 0.25) is 0 Å². The van der Waals surface area contributed by atoms with Crippen LogP contribution in [0.1, 0.15) is 85.5 Å². The number of hydrogen-bond donors (Lipinski definition) is 1. The highest BCUT2D eigenvalue weighted by Gasteiger charge is 2.34. The summed E-state index contributed by atoms with van der Waals surface area (Å²) in [5, 5.41) is 0. The molecule has 0 aromatic heterocycles. The van der Waals surface area contributed by atoms with Gasteiger partial charge in [0, 0.05) is 20.1 Å². The van der Waals surface area contributed by atoms with Gasteiger partial charge in [-0.05, 0) is 38.1 Å². The zero-order valence-electron chi connectivity index (χ0n) is 16.0. The van der Waals surface area contributed by atoms with Gasteiger partial charge < -0.3 is 15.2 Å². The smallest absolute Gasteiger partial charge is 0.167 e. The topological polar surface area (TPSA) is 44.5 Å². The third kappa shape index (κ3) is 8.50. The number of ether oxygens (including phenoxy) is 2. The van der Waals surface area contributed by atoms with E-state index >= 15 is 0 Å². The standard InChI is InChI=1S/C19H41NO2/c1-7-8-9-10-11-12-13-17(19(4,21-5)22-6)14-15-18(2,3)16-20/h17H,7-16,20H2,1-6H3. The van der Waals surface area contributed by atoms with E-state index in [1.807, 2.05) is 0 Å². The van der Waals surface area contributed by atoms with Crippen LogP contribution in [-0.4, -0.2) is 26.6 Å². The summed E-state index contributed by atoms with van der Waals surface area (Å²) >= 11 is 0. The molecule has 0 amide bonds. The van der Waals surface area contributed by atoms with Gasteiger partial charge in [-0.2, -0.15) is 0 Å². The molecule has 2 N–H and O–H groups in total. The molecular formula is C19H41NO2. The molecule has 3 heteroatoms. The van der Waals surface area contributed by atoms with Crippen LogP contribution in [0.15, 0.2) is 0 Å². The lowest BCUT2D eigenvalue weighted by Crippen LogP contribution is -2.40. The molecule has 22 heavy (non-hydrogen) atoms. The maximum atomic E-state index is 5.87. The number of hydrogen-bond acceptors (Lipinski definition) is 3. The Morgan fingerprint density at radius 2 is 1.41 bits per heavy atom. The van der Waals surface area contributed by atoms with Crippen molar-refractivity contribution in [2.24, 2.45) is 17.1 Å². The number of methoxy groups -OCH3 is 2. The van der Waals surface area contributed by atoms with Gasteiger partial charge >= 0.3 is 0 Å². The van der Waals surface area contributed by atoms with E-state index in [2.05, 4.69) is 27.7 Å². The van der Waals surface area contributed by atoms with Crippen LogP contribution in [0.4, 0.5) is 0 Å². The molecule has 0 fully saturated rings. The van der Waals surface area contributed by atoms with Crippen molar-refractivity contribution in [3.8, 4) is 0 Å². The molecule has 0 bridgehead atoms. The van der Waals surface area contributed by atoms with Crippen LogP contribution in [0.25, 0.3) is 0 Å². The third-order valence-corrected chi connectivity index (χ3v) is 5.18. The fraction of sp³-hybridized carbons (Fsp3) is 1.00. The van der Waals surface area contributed by atoms with Crippen LogP contribution in [-0.2, 0) is 9.47 Å². The summed E-state index contributed by atoms with van der Waals surface area (Å²) in [5.41, 5.74) is 6.07. The number of rotatable bonds is 14. The van der Waals surface area contributed by atoms with Crippen LogP contribution < -0.4 is 5.73 Å². The maximum Gasteiger partial charge on any atom is 0.167 e. The molecule has 0 aliphatic rings. The van der Waals surface area contributed by atoms with Gasteiger partial charge in [-0.15, -0.1) is 0 Å². The Morgan fingerprint density at radius 1 is 0.864 bits per heavy atom. The highest BCUT2D eigenvalue weighted by molar-refractivity contribution is 4.79.